The maximum atomic E-state index is 11.2. The second-order valence-corrected chi connectivity index (χ2v) is 7.74. The minimum atomic E-state index is -0.472. The molecule has 1 unspecified atom stereocenters. The van der Waals surface area contributed by atoms with E-state index in [0.717, 1.165) is 36.7 Å². The zero-order valence-corrected chi connectivity index (χ0v) is 17.2. The Kier molecular flexibility index (Phi) is 7.28. The molecule has 152 valence electrons. The highest BCUT2D eigenvalue weighted by Crippen LogP contribution is 2.23. The van der Waals surface area contributed by atoms with Gasteiger partial charge in [0.2, 0.25) is 12.3 Å². The molecular weight excluding hydrogens is 356 g/mol. The summed E-state index contributed by atoms with van der Waals surface area (Å²) in [6.45, 7) is 10.7. The Morgan fingerprint density at radius 2 is 2.14 bits per heavy atom. The molecule has 3 rings (SSSR count). The van der Waals surface area contributed by atoms with Gasteiger partial charge >= 0.3 is 0 Å². The Hall–Kier alpha value is -2.74. The average Bonchev–Trinajstić information content (AvgIpc) is 3.03. The smallest absolute Gasteiger partial charge is 0.242 e. The summed E-state index contributed by atoms with van der Waals surface area (Å²) in [6, 6.07) is 3.54. The van der Waals surface area contributed by atoms with Crippen LogP contribution in [0.2, 0.25) is 0 Å². The molecule has 0 saturated carbocycles. The van der Waals surface area contributed by atoms with Gasteiger partial charge in [0.1, 0.15) is 11.9 Å². The minimum absolute atomic E-state index is 0.172. The highest BCUT2D eigenvalue weighted by molar-refractivity contribution is 5.84. The van der Waals surface area contributed by atoms with E-state index >= 15 is 0 Å². The second kappa shape index (κ2) is 9.45. The molecule has 3 heterocycles. The summed E-state index contributed by atoms with van der Waals surface area (Å²) in [6.07, 6.45) is 4.21. The van der Waals surface area contributed by atoms with E-state index in [2.05, 4.69) is 43.5 Å². The van der Waals surface area contributed by atoms with Gasteiger partial charge in [-0.15, -0.1) is 0 Å². The Balaban J connectivity index is 0.000000211. The summed E-state index contributed by atoms with van der Waals surface area (Å²) in [7, 11) is 1.55. The van der Waals surface area contributed by atoms with Crippen LogP contribution in [0.25, 0.3) is 11.4 Å². The number of nitrogens with zero attached hydrogens (tertiary/aromatic N) is 3. The van der Waals surface area contributed by atoms with Gasteiger partial charge in [-0.25, -0.2) is 4.98 Å². The van der Waals surface area contributed by atoms with E-state index in [9.17, 15) is 9.59 Å². The molecule has 0 radical (unpaired) electrons. The lowest BCUT2D eigenvalue weighted by molar-refractivity contribution is -0.127. The van der Waals surface area contributed by atoms with E-state index in [0.29, 0.717) is 6.41 Å². The van der Waals surface area contributed by atoms with Gasteiger partial charge in [-0.1, -0.05) is 20.8 Å². The molecular formula is C20H30N6O2. The third kappa shape index (κ3) is 5.16. The summed E-state index contributed by atoms with van der Waals surface area (Å²) >= 11 is 0. The molecule has 0 spiro atoms. The normalized spacial score (nSPS) is 14.2. The van der Waals surface area contributed by atoms with Crippen molar-refractivity contribution in [1.29, 1.82) is 0 Å². The molecule has 2 aromatic rings. The third-order valence-corrected chi connectivity index (χ3v) is 4.61. The number of aromatic nitrogens is 3. The third-order valence-electron chi connectivity index (χ3n) is 4.61. The van der Waals surface area contributed by atoms with Crippen molar-refractivity contribution in [2.45, 2.75) is 46.8 Å². The van der Waals surface area contributed by atoms with Crippen molar-refractivity contribution in [2.24, 2.45) is 5.41 Å². The number of imidazole rings is 1. The Bertz CT molecular complexity index is 795. The van der Waals surface area contributed by atoms with Crippen molar-refractivity contribution < 1.29 is 9.59 Å². The monoisotopic (exact) mass is 386 g/mol. The predicted octanol–water partition coefficient (Wildman–Crippen LogP) is 1.25. The predicted molar refractivity (Wildman–Crippen MR) is 108 cm³/mol. The van der Waals surface area contributed by atoms with E-state index in [1.165, 1.54) is 5.69 Å². The first-order chi connectivity index (χ1) is 13.3. The number of carbonyl (C=O) groups is 2. The lowest BCUT2D eigenvalue weighted by Crippen LogP contribution is -2.50. The van der Waals surface area contributed by atoms with Gasteiger partial charge in [-0.2, -0.15) is 0 Å². The molecule has 1 aliphatic heterocycles. The molecule has 1 aliphatic rings. The lowest BCUT2D eigenvalue weighted by Gasteiger charge is -2.28. The quantitative estimate of drug-likeness (QED) is 0.687. The Labute approximate surface area is 166 Å². The highest BCUT2D eigenvalue weighted by Gasteiger charge is 2.29. The first-order valence-electron chi connectivity index (χ1n) is 9.38. The number of carbonyl (C=O) groups excluding carboxylic acids is 2. The van der Waals surface area contributed by atoms with Gasteiger partial charge in [-0.3, -0.25) is 14.6 Å². The summed E-state index contributed by atoms with van der Waals surface area (Å²) in [4.78, 5) is 30.2. The van der Waals surface area contributed by atoms with E-state index in [-0.39, 0.29) is 11.3 Å². The molecule has 2 aromatic heterocycles. The fraction of sp³-hybridized carbons (Fsp3) is 0.500. The van der Waals surface area contributed by atoms with Crippen molar-refractivity contribution >= 4 is 12.3 Å². The molecule has 0 aliphatic carbocycles. The number of likely N-dealkylation sites (N-methyl/N-ethyl adjacent to an activating group) is 1. The van der Waals surface area contributed by atoms with Crippen molar-refractivity contribution in [3.63, 3.8) is 0 Å². The van der Waals surface area contributed by atoms with Crippen molar-refractivity contribution in [3.8, 4) is 11.4 Å². The van der Waals surface area contributed by atoms with Crippen LogP contribution >= 0.6 is 0 Å². The number of rotatable bonds is 4. The highest BCUT2D eigenvalue weighted by atomic mass is 16.2. The standard InChI is InChI=1S/C12H14N4.C8H16N2O2/c1-9-11-8-14-5-6-16(11)12(15-9)10-3-2-4-13-7-10;1-8(2,3)6(10-5-11)7(12)9-4/h2-4,7,14H,5-6,8H2,1H3;5-6H,1-4H3,(H,9,12)(H,10,11). The fourth-order valence-electron chi connectivity index (χ4n) is 3.12. The number of fused-ring (bicyclic) bond motifs is 1. The lowest BCUT2D eigenvalue weighted by atomic mass is 9.86. The molecule has 1 atom stereocenters. The molecule has 28 heavy (non-hydrogen) atoms. The van der Waals surface area contributed by atoms with Crippen LogP contribution in [-0.4, -0.2) is 46.5 Å². The van der Waals surface area contributed by atoms with Crippen LogP contribution in [0, 0.1) is 12.3 Å². The first kappa shape index (κ1) is 21.6. The number of hydrogen-bond donors (Lipinski definition) is 3. The van der Waals surface area contributed by atoms with E-state index < -0.39 is 6.04 Å². The summed E-state index contributed by atoms with van der Waals surface area (Å²) in [5.74, 6) is 0.872. The van der Waals surface area contributed by atoms with Crippen LogP contribution in [0.15, 0.2) is 24.5 Å². The van der Waals surface area contributed by atoms with Crippen LogP contribution in [0.5, 0.6) is 0 Å². The number of hydrogen-bond acceptors (Lipinski definition) is 5. The van der Waals surface area contributed by atoms with Gasteiger partial charge in [0, 0.05) is 44.6 Å². The molecule has 3 N–H and O–H groups in total. The molecule has 0 bridgehead atoms. The van der Waals surface area contributed by atoms with Crippen LogP contribution in [-0.2, 0) is 22.7 Å². The summed E-state index contributed by atoms with van der Waals surface area (Å²) in [5.41, 5.74) is 3.25. The zero-order valence-electron chi connectivity index (χ0n) is 17.2. The topological polar surface area (TPSA) is 101 Å². The molecule has 0 fully saturated rings. The SMILES string of the molecule is CNC(=O)C(NC=O)C(C)(C)C.Cc1nc(-c2cccnc2)n2c1CNCC2. The largest absolute Gasteiger partial charge is 0.357 e. The van der Waals surface area contributed by atoms with Crippen LogP contribution < -0.4 is 16.0 Å². The van der Waals surface area contributed by atoms with E-state index in [4.69, 9.17) is 0 Å². The second-order valence-electron chi connectivity index (χ2n) is 7.74. The maximum absolute atomic E-state index is 11.2. The van der Waals surface area contributed by atoms with Crippen molar-refractivity contribution in [3.05, 3.63) is 35.9 Å². The van der Waals surface area contributed by atoms with Gasteiger partial charge in [0.15, 0.2) is 0 Å². The molecule has 0 saturated heterocycles. The van der Waals surface area contributed by atoms with Gasteiger partial charge in [0.25, 0.3) is 0 Å². The van der Waals surface area contributed by atoms with Crippen LogP contribution in [0.1, 0.15) is 32.2 Å². The van der Waals surface area contributed by atoms with Crippen LogP contribution in [0.4, 0.5) is 0 Å². The molecule has 8 heteroatoms. The average molecular weight is 387 g/mol. The molecule has 2 amide bonds. The fourth-order valence-corrected chi connectivity index (χ4v) is 3.12. The summed E-state index contributed by atoms with van der Waals surface area (Å²) in [5, 5.41) is 8.35. The van der Waals surface area contributed by atoms with E-state index in [1.54, 1.807) is 13.2 Å². The Morgan fingerprint density at radius 1 is 1.39 bits per heavy atom. The van der Waals surface area contributed by atoms with Crippen LogP contribution in [0.3, 0.4) is 0 Å². The zero-order chi connectivity index (χ0) is 20.7. The van der Waals surface area contributed by atoms with Gasteiger partial charge < -0.3 is 20.5 Å². The number of aryl methyl sites for hydroxylation is 1. The number of nitrogens with one attached hydrogen (secondary N) is 3. The maximum Gasteiger partial charge on any atom is 0.242 e. The number of amides is 2. The number of pyridine rings is 1. The minimum Gasteiger partial charge on any atom is -0.357 e. The summed E-state index contributed by atoms with van der Waals surface area (Å²) < 4.78 is 2.29. The van der Waals surface area contributed by atoms with Crippen molar-refractivity contribution in [2.75, 3.05) is 13.6 Å². The molecule has 8 nitrogen and oxygen atoms in total. The van der Waals surface area contributed by atoms with Gasteiger partial charge in [-0.05, 0) is 24.5 Å². The van der Waals surface area contributed by atoms with Crippen molar-refractivity contribution in [1.82, 2.24) is 30.5 Å². The first-order valence-corrected chi connectivity index (χ1v) is 9.38. The van der Waals surface area contributed by atoms with Gasteiger partial charge in [0.05, 0.1) is 11.4 Å². The molecule has 0 aromatic carbocycles. The Morgan fingerprint density at radius 3 is 2.71 bits per heavy atom. The van der Waals surface area contributed by atoms with E-state index in [1.807, 2.05) is 33.0 Å².